The summed E-state index contributed by atoms with van der Waals surface area (Å²) in [5.74, 6) is -0.174. The van der Waals surface area contributed by atoms with Gasteiger partial charge in [0, 0.05) is 18.2 Å². The van der Waals surface area contributed by atoms with Gasteiger partial charge in [-0.3, -0.25) is 9.78 Å². The first-order valence-corrected chi connectivity index (χ1v) is 7.87. The van der Waals surface area contributed by atoms with Gasteiger partial charge >= 0.3 is 6.18 Å². The summed E-state index contributed by atoms with van der Waals surface area (Å²) < 4.78 is 39.0. The number of rotatable bonds is 2. The zero-order valence-corrected chi connectivity index (χ0v) is 12.7. The van der Waals surface area contributed by atoms with Crippen LogP contribution in [-0.2, 0) is 12.6 Å². The molecule has 2 aliphatic rings. The van der Waals surface area contributed by atoms with E-state index in [1.165, 1.54) is 23.3 Å². The van der Waals surface area contributed by atoms with Crippen LogP contribution in [0.4, 0.5) is 13.2 Å². The largest absolute Gasteiger partial charge is 0.434 e. The minimum atomic E-state index is -4.64. The molecule has 1 N–H and O–H groups in total. The molecule has 0 aliphatic heterocycles. The van der Waals surface area contributed by atoms with Gasteiger partial charge in [0.2, 0.25) is 0 Å². The molecule has 6 heteroatoms. The van der Waals surface area contributed by atoms with Crippen LogP contribution in [0.25, 0.3) is 0 Å². The summed E-state index contributed by atoms with van der Waals surface area (Å²) in [4.78, 5) is 15.7. The maximum atomic E-state index is 13.0. The Morgan fingerprint density at radius 3 is 2.75 bits per heavy atom. The van der Waals surface area contributed by atoms with Gasteiger partial charge in [0.25, 0.3) is 5.91 Å². The highest BCUT2D eigenvalue weighted by Gasteiger charge is 2.54. The number of pyridine rings is 1. The van der Waals surface area contributed by atoms with Gasteiger partial charge in [-0.1, -0.05) is 24.3 Å². The normalized spacial score (nSPS) is 24.7. The summed E-state index contributed by atoms with van der Waals surface area (Å²) in [6.07, 6.45) is -1.69. The van der Waals surface area contributed by atoms with Crippen molar-refractivity contribution in [1.29, 1.82) is 0 Å². The molecule has 2 aliphatic carbocycles. The number of carbonyl (C=O) groups is 1. The number of carbonyl (C=O) groups excluding carboxylic acids is 1. The minimum Gasteiger partial charge on any atom is -0.348 e. The van der Waals surface area contributed by atoms with E-state index in [-0.39, 0.29) is 12.0 Å². The van der Waals surface area contributed by atoms with Gasteiger partial charge in [0.05, 0.1) is 5.56 Å². The lowest BCUT2D eigenvalue weighted by Crippen LogP contribution is -2.30. The predicted octanol–water partition coefficient (Wildman–Crippen LogP) is 3.56. The molecule has 1 heterocycles. The Kier molecular flexibility index (Phi) is 3.37. The first-order chi connectivity index (χ1) is 11.5. The van der Waals surface area contributed by atoms with Crippen molar-refractivity contribution in [2.45, 2.75) is 31.0 Å². The van der Waals surface area contributed by atoms with Crippen LogP contribution in [0.15, 0.2) is 42.6 Å². The second-order valence-corrected chi connectivity index (χ2v) is 6.32. The Morgan fingerprint density at radius 1 is 1.17 bits per heavy atom. The fourth-order valence-electron chi connectivity index (χ4n) is 3.81. The van der Waals surface area contributed by atoms with Crippen LogP contribution in [0.5, 0.6) is 0 Å². The van der Waals surface area contributed by atoms with E-state index in [9.17, 15) is 18.0 Å². The van der Waals surface area contributed by atoms with Crippen molar-refractivity contribution in [2.24, 2.45) is 5.92 Å². The lowest BCUT2D eigenvalue weighted by molar-refractivity contribution is -0.141. The molecule has 1 aromatic heterocycles. The first kappa shape index (κ1) is 15.2. The van der Waals surface area contributed by atoms with Crippen molar-refractivity contribution in [3.05, 3.63) is 65.0 Å². The zero-order chi connectivity index (χ0) is 16.9. The number of hydrogen-bond acceptors (Lipinski definition) is 2. The minimum absolute atomic E-state index is 0.0950. The van der Waals surface area contributed by atoms with Crippen LogP contribution >= 0.6 is 0 Å². The quantitative estimate of drug-likeness (QED) is 0.914. The Balaban J connectivity index is 1.56. The van der Waals surface area contributed by atoms with Gasteiger partial charge in [-0.25, -0.2) is 0 Å². The molecular formula is C18H15F3N2O. The molecule has 1 amide bonds. The lowest BCUT2D eigenvalue weighted by atomic mass is 9.92. The Morgan fingerprint density at radius 2 is 1.96 bits per heavy atom. The number of halogens is 3. The smallest absolute Gasteiger partial charge is 0.348 e. The van der Waals surface area contributed by atoms with E-state index in [2.05, 4.69) is 16.4 Å². The molecule has 3 nitrogen and oxygen atoms in total. The van der Waals surface area contributed by atoms with Crippen LogP contribution in [0.1, 0.15) is 39.5 Å². The van der Waals surface area contributed by atoms with Gasteiger partial charge in [-0.15, -0.1) is 0 Å². The molecule has 0 unspecified atom stereocenters. The van der Waals surface area contributed by atoms with Crippen molar-refractivity contribution in [3.8, 4) is 0 Å². The number of amides is 1. The van der Waals surface area contributed by atoms with E-state index in [0.717, 1.165) is 19.0 Å². The maximum absolute atomic E-state index is 13.0. The van der Waals surface area contributed by atoms with Gasteiger partial charge in [-0.05, 0) is 42.0 Å². The van der Waals surface area contributed by atoms with E-state index >= 15 is 0 Å². The number of hydrogen-bond donors (Lipinski definition) is 1. The van der Waals surface area contributed by atoms with E-state index in [1.807, 2.05) is 18.2 Å². The third kappa shape index (κ3) is 2.46. The van der Waals surface area contributed by atoms with Gasteiger partial charge in [0.1, 0.15) is 0 Å². The average Bonchev–Trinajstić information content (AvgIpc) is 3.27. The summed E-state index contributed by atoms with van der Waals surface area (Å²) in [5.41, 5.74) is 0.933. The maximum Gasteiger partial charge on any atom is 0.434 e. The molecular weight excluding hydrogens is 317 g/mol. The number of nitrogens with zero attached hydrogens (tertiary/aromatic N) is 1. The Labute approximate surface area is 136 Å². The topological polar surface area (TPSA) is 42.0 Å². The molecule has 1 aromatic carbocycles. The van der Waals surface area contributed by atoms with Crippen LogP contribution in [0, 0.1) is 5.92 Å². The van der Waals surface area contributed by atoms with E-state index < -0.39 is 23.3 Å². The molecule has 1 fully saturated rings. The average molecular weight is 332 g/mol. The summed E-state index contributed by atoms with van der Waals surface area (Å²) >= 11 is 0. The molecule has 0 radical (unpaired) electrons. The van der Waals surface area contributed by atoms with Crippen molar-refractivity contribution < 1.29 is 18.0 Å². The first-order valence-electron chi connectivity index (χ1n) is 7.87. The summed E-state index contributed by atoms with van der Waals surface area (Å²) in [5, 5.41) is 2.79. The van der Waals surface area contributed by atoms with Crippen molar-refractivity contribution in [1.82, 2.24) is 10.3 Å². The van der Waals surface area contributed by atoms with Gasteiger partial charge < -0.3 is 5.32 Å². The summed E-state index contributed by atoms with van der Waals surface area (Å²) in [6.45, 7) is 0. The third-order valence-electron chi connectivity index (χ3n) is 4.95. The molecule has 124 valence electrons. The monoisotopic (exact) mass is 332 g/mol. The second kappa shape index (κ2) is 5.33. The van der Waals surface area contributed by atoms with Crippen LogP contribution in [-0.4, -0.2) is 16.9 Å². The van der Waals surface area contributed by atoms with Gasteiger partial charge in [0.15, 0.2) is 5.69 Å². The van der Waals surface area contributed by atoms with Crippen molar-refractivity contribution >= 4 is 5.91 Å². The highest BCUT2D eigenvalue weighted by molar-refractivity contribution is 5.96. The predicted molar refractivity (Wildman–Crippen MR) is 81.5 cm³/mol. The second-order valence-electron chi connectivity index (χ2n) is 6.32. The van der Waals surface area contributed by atoms with E-state index in [4.69, 9.17) is 0 Å². The number of aromatic nitrogens is 1. The number of fused-ring (bicyclic) bond motifs is 3. The summed E-state index contributed by atoms with van der Waals surface area (Å²) in [7, 11) is 0. The fourth-order valence-corrected chi connectivity index (χ4v) is 3.81. The number of benzene rings is 1. The molecule has 0 saturated heterocycles. The van der Waals surface area contributed by atoms with Crippen molar-refractivity contribution in [2.75, 3.05) is 0 Å². The van der Waals surface area contributed by atoms with Gasteiger partial charge in [-0.2, -0.15) is 13.2 Å². The molecule has 2 aromatic rings. The Bertz CT molecular complexity index is 803. The highest BCUT2D eigenvalue weighted by Crippen LogP contribution is 2.54. The van der Waals surface area contributed by atoms with Crippen LogP contribution < -0.4 is 5.32 Å². The van der Waals surface area contributed by atoms with Crippen LogP contribution in [0.3, 0.4) is 0 Å². The third-order valence-corrected chi connectivity index (χ3v) is 4.95. The SMILES string of the molecule is O=C(N[C@@H]1[C@H]2CCc3ccccc3[C@H]21)c1cccnc1C(F)(F)F. The molecule has 24 heavy (non-hydrogen) atoms. The number of aryl methyl sites for hydroxylation is 1. The Hall–Kier alpha value is -2.37. The molecule has 4 rings (SSSR count). The lowest BCUT2D eigenvalue weighted by Gasteiger charge is -2.13. The highest BCUT2D eigenvalue weighted by atomic mass is 19.4. The molecule has 0 spiro atoms. The molecule has 1 saturated carbocycles. The fraction of sp³-hybridized carbons (Fsp3) is 0.333. The van der Waals surface area contributed by atoms with Crippen molar-refractivity contribution in [3.63, 3.8) is 0 Å². The van der Waals surface area contributed by atoms with E-state index in [1.54, 1.807) is 0 Å². The summed E-state index contributed by atoms with van der Waals surface area (Å²) in [6, 6.07) is 10.5. The number of nitrogens with one attached hydrogen (secondary N) is 1. The number of alkyl halides is 3. The molecule has 3 atom stereocenters. The zero-order valence-electron chi connectivity index (χ0n) is 12.7. The van der Waals surface area contributed by atoms with Crippen LogP contribution in [0.2, 0.25) is 0 Å². The standard InChI is InChI=1S/C18H15F3N2O/c19-18(20,21)16-13(6-3-9-22-16)17(24)23-15-12-8-7-10-4-1-2-5-11(10)14(12)15/h1-6,9,12,14-15H,7-8H2,(H,23,24)/t12-,14+,15+/m0/s1. The molecule has 0 bridgehead atoms. The van der Waals surface area contributed by atoms with E-state index in [0.29, 0.717) is 5.92 Å².